The van der Waals surface area contributed by atoms with Gasteiger partial charge in [-0.25, -0.2) is 5.84 Å². The fourth-order valence-electron chi connectivity index (χ4n) is 2.33. The number of aliphatic hydroxyl groups is 1. The van der Waals surface area contributed by atoms with Gasteiger partial charge in [0.2, 0.25) is 0 Å². The molecule has 5 nitrogen and oxygen atoms in total. The number of aliphatic hydroxyl groups excluding tert-OH is 1. The van der Waals surface area contributed by atoms with Crippen LogP contribution in [0.15, 0.2) is 42.1 Å². The lowest BCUT2D eigenvalue weighted by molar-refractivity contribution is 0.191. The van der Waals surface area contributed by atoms with Crippen LogP contribution in [0, 0.1) is 0 Å². The van der Waals surface area contributed by atoms with E-state index in [9.17, 15) is 5.11 Å². The van der Waals surface area contributed by atoms with Crippen molar-refractivity contribution in [1.29, 1.82) is 0 Å². The molecule has 0 saturated heterocycles. The van der Waals surface area contributed by atoms with Crippen LogP contribution in [0.5, 0.6) is 5.75 Å². The molecule has 21 heavy (non-hydrogen) atoms. The van der Waals surface area contributed by atoms with Gasteiger partial charge in [-0.3, -0.25) is 0 Å². The van der Waals surface area contributed by atoms with Crippen molar-refractivity contribution in [2.24, 2.45) is 11.6 Å². The van der Waals surface area contributed by atoms with E-state index in [4.69, 9.17) is 16.3 Å². The van der Waals surface area contributed by atoms with Crippen molar-refractivity contribution < 1.29 is 9.84 Å². The van der Waals surface area contributed by atoms with Crippen molar-refractivity contribution in [3.8, 4) is 5.75 Å². The van der Waals surface area contributed by atoms with Gasteiger partial charge in [0.1, 0.15) is 11.9 Å². The number of benzene rings is 1. The molecule has 0 fully saturated rings. The Balaban J connectivity index is 2.09. The van der Waals surface area contributed by atoms with Gasteiger partial charge < -0.3 is 20.6 Å². The third-order valence-corrected chi connectivity index (χ3v) is 3.58. The maximum atomic E-state index is 9.31. The van der Waals surface area contributed by atoms with Crippen LogP contribution in [0.3, 0.4) is 0 Å². The summed E-state index contributed by atoms with van der Waals surface area (Å²) in [5.74, 6) is 6.48. The largest absolute Gasteiger partial charge is 0.490 e. The zero-order valence-electron chi connectivity index (χ0n) is 12.3. The van der Waals surface area contributed by atoms with Gasteiger partial charge in [-0.2, -0.15) is 0 Å². The molecule has 5 N–H and O–H groups in total. The van der Waals surface area contributed by atoms with Gasteiger partial charge in [-0.15, -0.1) is 0 Å². The Bertz CT molecular complexity index is 521. The Morgan fingerprint density at radius 2 is 2.05 bits per heavy atom. The fourth-order valence-corrected chi connectivity index (χ4v) is 2.33. The van der Waals surface area contributed by atoms with Crippen LogP contribution < -0.4 is 16.3 Å². The summed E-state index contributed by atoms with van der Waals surface area (Å²) < 4.78 is 5.93. The summed E-state index contributed by atoms with van der Waals surface area (Å²) in [7, 11) is 1.65. The standard InChI is InChI=1S/C16H23N3O2/c1-19(18)15(11-20)16(17)12-7-9-14(10-8-12)21-13-5-3-2-4-6-13/h2-3,7-10,13,20H,4-6,11,17-18H2,1H3/b16-15-. The average Bonchev–Trinajstić information content (AvgIpc) is 2.49. The predicted molar refractivity (Wildman–Crippen MR) is 84.0 cm³/mol. The van der Waals surface area contributed by atoms with Crippen molar-refractivity contribution in [3.63, 3.8) is 0 Å². The van der Waals surface area contributed by atoms with E-state index in [1.54, 1.807) is 7.05 Å². The highest BCUT2D eigenvalue weighted by Crippen LogP contribution is 2.22. The molecule has 114 valence electrons. The van der Waals surface area contributed by atoms with Gasteiger partial charge in [0.15, 0.2) is 0 Å². The lowest BCUT2D eigenvalue weighted by Gasteiger charge is -2.20. The molecule has 1 aliphatic rings. The Morgan fingerprint density at radius 3 is 2.57 bits per heavy atom. The maximum absolute atomic E-state index is 9.31. The van der Waals surface area contributed by atoms with E-state index < -0.39 is 0 Å². The summed E-state index contributed by atoms with van der Waals surface area (Å²) in [6.45, 7) is -0.203. The molecule has 0 aromatic heterocycles. The van der Waals surface area contributed by atoms with Gasteiger partial charge in [0.25, 0.3) is 0 Å². The van der Waals surface area contributed by atoms with E-state index in [2.05, 4.69) is 12.2 Å². The van der Waals surface area contributed by atoms with Crippen molar-refractivity contribution >= 4 is 5.70 Å². The van der Waals surface area contributed by atoms with Crippen molar-refractivity contribution in [2.45, 2.75) is 25.4 Å². The second-order valence-electron chi connectivity index (χ2n) is 5.18. The first-order chi connectivity index (χ1) is 10.1. The quantitative estimate of drug-likeness (QED) is 0.435. The molecular formula is C16H23N3O2. The predicted octanol–water partition coefficient (Wildman–Crippen LogP) is 1.60. The Hall–Kier alpha value is -1.98. The lowest BCUT2D eigenvalue weighted by atomic mass is 10.0. The lowest BCUT2D eigenvalue weighted by Crippen LogP contribution is -2.29. The van der Waals surface area contributed by atoms with Crippen LogP contribution in [0.2, 0.25) is 0 Å². The molecule has 0 amide bonds. The summed E-state index contributed by atoms with van der Waals surface area (Å²) in [5.41, 5.74) is 7.80. The molecule has 2 rings (SSSR count). The Morgan fingerprint density at radius 1 is 1.33 bits per heavy atom. The highest BCUT2D eigenvalue weighted by atomic mass is 16.5. The SMILES string of the molecule is CN(N)/C(CO)=C(\N)c1ccc(OC2CC=CCC2)cc1. The zero-order chi connectivity index (χ0) is 15.2. The highest BCUT2D eigenvalue weighted by molar-refractivity contribution is 5.66. The van der Waals surface area contributed by atoms with Gasteiger partial charge in [0.05, 0.1) is 18.0 Å². The van der Waals surface area contributed by atoms with Gasteiger partial charge >= 0.3 is 0 Å². The number of allylic oxidation sites excluding steroid dienone is 1. The Labute approximate surface area is 125 Å². The van der Waals surface area contributed by atoms with E-state index in [1.165, 1.54) is 5.01 Å². The van der Waals surface area contributed by atoms with E-state index >= 15 is 0 Å². The number of hydrogen-bond acceptors (Lipinski definition) is 5. The molecule has 1 atom stereocenters. The molecule has 0 aliphatic heterocycles. The van der Waals surface area contributed by atoms with Gasteiger partial charge in [0, 0.05) is 13.5 Å². The first-order valence-corrected chi connectivity index (χ1v) is 7.11. The number of likely N-dealkylation sites (N-methyl/N-ethyl adjacent to an activating group) is 1. The molecule has 0 radical (unpaired) electrons. The summed E-state index contributed by atoms with van der Waals surface area (Å²) in [6.07, 6.45) is 7.67. The van der Waals surface area contributed by atoms with E-state index in [1.807, 2.05) is 24.3 Å². The second kappa shape index (κ2) is 7.15. The molecule has 5 heteroatoms. The average molecular weight is 289 g/mol. The summed E-state index contributed by atoms with van der Waals surface area (Å²) in [6, 6.07) is 7.54. The maximum Gasteiger partial charge on any atom is 0.119 e. The van der Waals surface area contributed by atoms with E-state index in [0.29, 0.717) is 11.4 Å². The summed E-state index contributed by atoms with van der Waals surface area (Å²) >= 11 is 0. The minimum Gasteiger partial charge on any atom is -0.490 e. The topological polar surface area (TPSA) is 84.7 Å². The number of hydrazine groups is 1. The monoisotopic (exact) mass is 289 g/mol. The highest BCUT2D eigenvalue weighted by Gasteiger charge is 2.12. The smallest absolute Gasteiger partial charge is 0.119 e. The number of rotatable bonds is 5. The zero-order valence-corrected chi connectivity index (χ0v) is 12.3. The molecule has 0 spiro atoms. The number of nitrogens with two attached hydrogens (primary N) is 2. The number of nitrogens with zero attached hydrogens (tertiary/aromatic N) is 1. The van der Waals surface area contributed by atoms with Gasteiger partial charge in [-0.1, -0.05) is 12.2 Å². The first kappa shape index (κ1) is 15.4. The molecule has 0 saturated carbocycles. The second-order valence-corrected chi connectivity index (χ2v) is 5.18. The molecule has 1 aromatic rings. The molecule has 1 unspecified atom stereocenters. The molecule has 0 heterocycles. The molecule has 1 aromatic carbocycles. The van der Waals surface area contributed by atoms with Crippen LogP contribution in [-0.4, -0.2) is 29.9 Å². The number of hydrogen-bond donors (Lipinski definition) is 3. The van der Waals surface area contributed by atoms with Crippen molar-refractivity contribution in [2.75, 3.05) is 13.7 Å². The molecule has 0 bridgehead atoms. The molecule has 1 aliphatic carbocycles. The third-order valence-electron chi connectivity index (χ3n) is 3.58. The van der Waals surface area contributed by atoms with Crippen LogP contribution in [-0.2, 0) is 0 Å². The third kappa shape index (κ3) is 4.00. The first-order valence-electron chi connectivity index (χ1n) is 7.11. The van der Waals surface area contributed by atoms with Crippen molar-refractivity contribution in [1.82, 2.24) is 5.01 Å². The normalized spacial score (nSPS) is 19.1. The minimum atomic E-state index is -0.203. The summed E-state index contributed by atoms with van der Waals surface area (Å²) in [4.78, 5) is 0. The van der Waals surface area contributed by atoms with E-state index in [-0.39, 0.29) is 12.7 Å². The number of ether oxygens (including phenoxy) is 1. The summed E-state index contributed by atoms with van der Waals surface area (Å²) in [5, 5.41) is 10.6. The minimum absolute atomic E-state index is 0.203. The van der Waals surface area contributed by atoms with Crippen LogP contribution in [0.1, 0.15) is 24.8 Å². The molecular weight excluding hydrogens is 266 g/mol. The van der Waals surface area contributed by atoms with Crippen LogP contribution in [0.25, 0.3) is 5.70 Å². The Kier molecular flexibility index (Phi) is 5.25. The van der Waals surface area contributed by atoms with Crippen LogP contribution in [0.4, 0.5) is 0 Å². The van der Waals surface area contributed by atoms with Crippen LogP contribution >= 0.6 is 0 Å². The fraction of sp³-hybridized carbons (Fsp3) is 0.375. The van der Waals surface area contributed by atoms with Crippen molar-refractivity contribution in [3.05, 3.63) is 47.7 Å². The van der Waals surface area contributed by atoms with Gasteiger partial charge in [-0.05, 0) is 42.7 Å². The van der Waals surface area contributed by atoms with E-state index in [0.717, 1.165) is 30.6 Å².